The maximum atomic E-state index is 5.62. The van der Waals surface area contributed by atoms with E-state index < -0.39 is 0 Å². The van der Waals surface area contributed by atoms with Crippen molar-refractivity contribution in [3.8, 4) is 22.8 Å². The molecule has 1 saturated heterocycles. The van der Waals surface area contributed by atoms with E-state index in [0.29, 0.717) is 0 Å². The number of benzene rings is 2. The van der Waals surface area contributed by atoms with Gasteiger partial charge in [0.2, 0.25) is 0 Å². The van der Waals surface area contributed by atoms with E-state index in [4.69, 9.17) is 4.74 Å². The van der Waals surface area contributed by atoms with E-state index in [9.17, 15) is 0 Å². The van der Waals surface area contributed by atoms with Gasteiger partial charge in [0.15, 0.2) is 0 Å². The predicted octanol–water partition coefficient (Wildman–Crippen LogP) is 3.43. The summed E-state index contributed by atoms with van der Waals surface area (Å²) in [6.45, 7) is 3.21. The normalized spacial score (nSPS) is 14.7. The van der Waals surface area contributed by atoms with Gasteiger partial charge in [-0.25, -0.2) is 9.67 Å². The number of aryl methyl sites for hydroxylation is 1. The van der Waals surface area contributed by atoms with Crippen LogP contribution in [0.1, 0.15) is 18.4 Å². The zero-order chi connectivity index (χ0) is 19.8. The van der Waals surface area contributed by atoms with E-state index in [-0.39, 0.29) is 0 Å². The molecule has 0 aliphatic carbocycles. The zero-order valence-corrected chi connectivity index (χ0v) is 16.7. The van der Waals surface area contributed by atoms with Gasteiger partial charge in [-0.15, -0.1) is 5.10 Å². The molecule has 0 unspecified atom stereocenters. The number of aromatic nitrogens is 5. The van der Waals surface area contributed by atoms with Crippen molar-refractivity contribution >= 4 is 11.0 Å². The monoisotopic (exact) mass is 388 g/mol. The smallest absolute Gasteiger partial charge is 0.144 e. The van der Waals surface area contributed by atoms with Crippen molar-refractivity contribution < 1.29 is 4.74 Å². The van der Waals surface area contributed by atoms with Crippen LogP contribution < -0.4 is 4.74 Å². The van der Waals surface area contributed by atoms with Crippen molar-refractivity contribution in [2.45, 2.75) is 19.4 Å². The molecule has 0 atom stereocenters. The Morgan fingerprint density at radius 3 is 2.76 bits per heavy atom. The number of fused-ring (bicyclic) bond motifs is 1. The average Bonchev–Trinajstić information content (AvgIpc) is 3.49. The number of rotatable bonds is 5. The van der Waals surface area contributed by atoms with Gasteiger partial charge < -0.3 is 4.74 Å². The highest BCUT2D eigenvalue weighted by molar-refractivity contribution is 5.77. The van der Waals surface area contributed by atoms with Crippen LogP contribution in [0.4, 0.5) is 0 Å². The van der Waals surface area contributed by atoms with Gasteiger partial charge in [-0.1, -0.05) is 5.21 Å². The van der Waals surface area contributed by atoms with Crippen molar-refractivity contribution in [1.29, 1.82) is 0 Å². The first kappa shape index (κ1) is 17.9. The van der Waals surface area contributed by atoms with Crippen LogP contribution in [0.25, 0.3) is 28.1 Å². The fraction of sp³-hybridized carbons (Fsp3) is 0.318. The number of ether oxygens (including phenoxy) is 1. The van der Waals surface area contributed by atoms with Crippen LogP contribution in [0, 0.1) is 0 Å². The highest BCUT2D eigenvalue weighted by Gasteiger charge is 2.17. The lowest BCUT2D eigenvalue weighted by atomic mass is 10.1. The molecule has 0 amide bonds. The molecule has 1 fully saturated rings. The van der Waals surface area contributed by atoms with Gasteiger partial charge in [-0.2, -0.15) is 0 Å². The Labute approximate surface area is 169 Å². The highest BCUT2D eigenvalue weighted by atomic mass is 16.5. The van der Waals surface area contributed by atoms with Crippen LogP contribution in [-0.4, -0.2) is 49.6 Å². The minimum absolute atomic E-state index is 0.870. The molecule has 0 bridgehead atoms. The van der Waals surface area contributed by atoms with Crippen LogP contribution >= 0.6 is 0 Å². The van der Waals surface area contributed by atoms with E-state index in [0.717, 1.165) is 53.5 Å². The predicted molar refractivity (Wildman–Crippen MR) is 112 cm³/mol. The number of methoxy groups -OCH3 is 1. The van der Waals surface area contributed by atoms with Gasteiger partial charge >= 0.3 is 0 Å². The molecule has 7 nitrogen and oxygen atoms in total. The fourth-order valence-corrected chi connectivity index (χ4v) is 4.13. The summed E-state index contributed by atoms with van der Waals surface area (Å²) in [4.78, 5) is 7.13. The lowest BCUT2D eigenvalue weighted by Crippen LogP contribution is -2.18. The summed E-state index contributed by atoms with van der Waals surface area (Å²) < 4.78 is 9.49. The molecule has 2 aromatic heterocycles. The number of hydrogen-bond acceptors (Lipinski definition) is 5. The second kappa shape index (κ2) is 7.33. The second-order valence-electron chi connectivity index (χ2n) is 7.52. The van der Waals surface area contributed by atoms with Crippen molar-refractivity contribution in [1.82, 2.24) is 29.4 Å². The summed E-state index contributed by atoms with van der Waals surface area (Å²) in [6.07, 6.45) is 6.37. The van der Waals surface area contributed by atoms with Crippen LogP contribution in [-0.2, 0) is 13.6 Å². The summed E-state index contributed by atoms with van der Waals surface area (Å²) in [5, 5.41) is 8.34. The number of nitrogens with zero attached hydrogens (tertiary/aromatic N) is 6. The van der Waals surface area contributed by atoms with Gasteiger partial charge in [-0.05, 0) is 62.3 Å². The van der Waals surface area contributed by atoms with Gasteiger partial charge in [0.05, 0.1) is 12.6 Å². The number of likely N-dealkylation sites (tertiary alicyclic amines) is 1. The Morgan fingerprint density at radius 1 is 1.07 bits per heavy atom. The SMILES string of the molecule is COc1ccc(-c2nccn2-c2ccc3c(c2)nnn3C)cc1CN1CCCC1. The van der Waals surface area contributed by atoms with Crippen molar-refractivity contribution in [3.05, 3.63) is 54.4 Å². The molecular weight excluding hydrogens is 364 g/mol. The Morgan fingerprint density at radius 2 is 1.93 bits per heavy atom. The van der Waals surface area contributed by atoms with E-state index >= 15 is 0 Å². The fourth-order valence-electron chi connectivity index (χ4n) is 4.13. The molecule has 3 heterocycles. The molecule has 2 aromatic carbocycles. The largest absolute Gasteiger partial charge is 0.496 e. The summed E-state index contributed by atoms with van der Waals surface area (Å²) in [7, 11) is 3.64. The third kappa shape index (κ3) is 3.27. The molecule has 148 valence electrons. The Balaban J connectivity index is 1.53. The second-order valence-corrected chi connectivity index (χ2v) is 7.52. The Hall–Kier alpha value is -3.19. The molecule has 29 heavy (non-hydrogen) atoms. The first-order chi connectivity index (χ1) is 14.2. The molecule has 0 radical (unpaired) electrons. The summed E-state index contributed by atoms with van der Waals surface area (Å²) in [6, 6.07) is 12.5. The Bertz CT molecular complexity index is 1160. The van der Waals surface area contributed by atoms with Gasteiger partial charge in [-0.3, -0.25) is 9.47 Å². The maximum Gasteiger partial charge on any atom is 0.144 e. The van der Waals surface area contributed by atoms with Gasteiger partial charge in [0.25, 0.3) is 0 Å². The topological polar surface area (TPSA) is 61.0 Å². The third-order valence-corrected chi connectivity index (χ3v) is 5.64. The van der Waals surface area contributed by atoms with Crippen LogP contribution in [0.5, 0.6) is 5.75 Å². The maximum absolute atomic E-state index is 5.62. The summed E-state index contributed by atoms with van der Waals surface area (Å²) in [5.41, 5.74) is 5.17. The van der Waals surface area contributed by atoms with Crippen LogP contribution in [0.2, 0.25) is 0 Å². The van der Waals surface area contributed by atoms with Crippen molar-refractivity contribution in [2.75, 3.05) is 20.2 Å². The summed E-state index contributed by atoms with van der Waals surface area (Å²) in [5.74, 6) is 1.83. The van der Waals surface area contributed by atoms with E-state index in [1.54, 1.807) is 11.8 Å². The standard InChI is InChI=1S/C22H24N6O/c1-26-20-7-6-18(14-19(20)24-25-26)28-12-9-23-22(28)16-5-8-21(29-2)17(13-16)15-27-10-3-4-11-27/h5-9,12-14H,3-4,10-11,15H2,1-2H3. The van der Waals surface area contributed by atoms with E-state index in [1.807, 2.05) is 37.6 Å². The molecule has 0 spiro atoms. The summed E-state index contributed by atoms with van der Waals surface area (Å²) >= 11 is 0. The minimum Gasteiger partial charge on any atom is -0.496 e. The Kier molecular flexibility index (Phi) is 4.52. The first-order valence-corrected chi connectivity index (χ1v) is 9.96. The number of hydrogen-bond donors (Lipinski definition) is 0. The number of imidazole rings is 1. The van der Waals surface area contributed by atoms with Gasteiger partial charge in [0, 0.05) is 42.8 Å². The van der Waals surface area contributed by atoms with E-state index in [1.165, 1.54) is 18.4 Å². The molecule has 0 saturated carbocycles. The molecule has 1 aliphatic rings. The highest BCUT2D eigenvalue weighted by Crippen LogP contribution is 2.29. The molecule has 0 N–H and O–H groups in total. The first-order valence-electron chi connectivity index (χ1n) is 9.96. The quantitative estimate of drug-likeness (QED) is 0.524. The molecular formula is C22H24N6O. The van der Waals surface area contributed by atoms with Crippen molar-refractivity contribution in [3.63, 3.8) is 0 Å². The average molecular weight is 388 g/mol. The molecule has 1 aliphatic heterocycles. The lowest BCUT2D eigenvalue weighted by Gasteiger charge is -2.18. The minimum atomic E-state index is 0.870. The molecule has 7 heteroatoms. The van der Waals surface area contributed by atoms with Gasteiger partial charge in [0.1, 0.15) is 17.1 Å². The third-order valence-electron chi connectivity index (χ3n) is 5.64. The molecule has 4 aromatic rings. The zero-order valence-electron chi connectivity index (χ0n) is 16.7. The van der Waals surface area contributed by atoms with E-state index in [2.05, 4.69) is 43.0 Å². The lowest BCUT2D eigenvalue weighted by molar-refractivity contribution is 0.321. The molecule has 5 rings (SSSR count). The van der Waals surface area contributed by atoms with Crippen LogP contribution in [0.15, 0.2) is 48.8 Å². The van der Waals surface area contributed by atoms with Crippen molar-refractivity contribution in [2.24, 2.45) is 7.05 Å². The van der Waals surface area contributed by atoms with Crippen LogP contribution in [0.3, 0.4) is 0 Å².